The minimum absolute atomic E-state index is 0.323. The molecule has 2 aromatic carbocycles. The van der Waals surface area contributed by atoms with E-state index in [-0.39, 0.29) is 0 Å². The average Bonchev–Trinajstić information content (AvgIpc) is 2.52. The molecule has 0 spiro atoms. The topological polar surface area (TPSA) is 3.24 Å². The maximum Gasteiger partial charge on any atom is 0.0969 e. The van der Waals surface area contributed by atoms with Crippen LogP contribution in [0.15, 0.2) is 55.1 Å². The van der Waals surface area contributed by atoms with Gasteiger partial charge in [-0.2, -0.15) is 0 Å². The first-order chi connectivity index (χ1) is 11.9. The molecule has 0 saturated heterocycles. The van der Waals surface area contributed by atoms with Crippen molar-refractivity contribution in [1.82, 2.24) is 0 Å². The fraction of sp³-hybridized carbons (Fsp3) is 0.417. The number of benzene rings is 2. The standard InChI is InChI=1S/C24H34NSi/c1-18(19-10-14-21(15-11-19)25(8)9)20-12-16-22(17-13-20)26(23(2,3)4)24(5,6)7/h10-17H,1H2,2-9H3. The minimum Gasteiger partial charge on any atom is -0.378 e. The predicted molar refractivity (Wildman–Crippen MR) is 120 cm³/mol. The van der Waals surface area contributed by atoms with Crippen molar-refractivity contribution in [2.24, 2.45) is 0 Å². The van der Waals surface area contributed by atoms with Crippen LogP contribution in [0.25, 0.3) is 5.57 Å². The Labute approximate surface area is 162 Å². The molecule has 2 heteroatoms. The zero-order chi connectivity index (χ0) is 19.7. The molecule has 0 saturated carbocycles. The lowest BCUT2D eigenvalue weighted by Gasteiger charge is -2.39. The van der Waals surface area contributed by atoms with Crippen LogP contribution in [-0.2, 0) is 0 Å². The Hall–Kier alpha value is -1.80. The molecule has 0 unspecified atom stereocenters. The molecule has 1 nitrogen and oxygen atoms in total. The molecular formula is C24H34NSi. The van der Waals surface area contributed by atoms with Crippen molar-refractivity contribution in [2.45, 2.75) is 51.6 Å². The summed E-state index contributed by atoms with van der Waals surface area (Å²) in [5.74, 6) is 0. The number of hydrogen-bond acceptors (Lipinski definition) is 1. The van der Waals surface area contributed by atoms with Crippen molar-refractivity contribution in [3.05, 3.63) is 66.2 Å². The van der Waals surface area contributed by atoms with Gasteiger partial charge in [-0.05, 0) is 38.9 Å². The third-order valence-corrected chi connectivity index (χ3v) is 8.66. The molecule has 0 aliphatic heterocycles. The Morgan fingerprint density at radius 1 is 0.731 bits per heavy atom. The van der Waals surface area contributed by atoms with Gasteiger partial charge >= 0.3 is 0 Å². The van der Waals surface area contributed by atoms with Crippen LogP contribution in [0, 0.1) is 0 Å². The van der Waals surface area contributed by atoms with E-state index in [1.807, 2.05) is 0 Å². The van der Waals surface area contributed by atoms with Crippen LogP contribution in [0.2, 0.25) is 10.1 Å². The van der Waals surface area contributed by atoms with Gasteiger partial charge in [0.25, 0.3) is 0 Å². The van der Waals surface area contributed by atoms with Gasteiger partial charge in [-0.3, -0.25) is 0 Å². The van der Waals surface area contributed by atoms with Crippen LogP contribution < -0.4 is 10.1 Å². The van der Waals surface area contributed by atoms with Crippen molar-refractivity contribution >= 4 is 25.2 Å². The minimum atomic E-state index is -0.709. The van der Waals surface area contributed by atoms with Gasteiger partial charge in [-0.1, -0.05) is 89.7 Å². The molecule has 2 rings (SSSR count). The molecule has 0 N–H and O–H groups in total. The first-order valence-electron chi connectivity index (χ1n) is 9.36. The van der Waals surface area contributed by atoms with Crippen molar-refractivity contribution in [3.8, 4) is 0 Å². The molecule has 0 fully saturated rings. The van der Waals surface area contributed by atoms with E-state index in [0.717, 1.165) is 5.57 Å². The SMILES string of the molecule is C=C(c1ccc(N(C)C)cc1)c1ccc([Si](C(C)(C)C)C(C)(C)C)cc1. The number of hydrogen-bond donors (Lipinski definition) is 0. The summed E-state index contributed by atoms with van der Waals surface area (Å²) < 4.78 is 0. The Kier molecular flexibility index (Phi) is 5.87. The Morgan fingerprint density at radius 2 is 1.12 bits per heavy atom. The molecule has 0 aliphatic rings. The second-order valence-corrected chi connectivity index (χ2v) is 13.7. The summed E-state index contributed by atoms with van der Waals surface area (Å²) >= 11 is 0. The molecule has 139 valence electrons. The quantitative estimate of drug-likeness (QED) is 0.591. The van der Waals surface area contributed by atoms with E-state index in [9.17, 15) is 0 Å². The highest BCUT2D eigenvalue weighted by atomic mass is 28.3. The molecule has 0 heterocycles. The second kappa shape index (κ2) is 7.44. The summed E-state index contributed by atoms with van der Waals surface area (Å²) in [6.45, 7) is 18.6. The molecule has 0 atom stereocenters. The molecule has 2 aromatic rings. The van der Waals surface area contributed by atoms with Crippen LogP contribution >= 0.6 is 0 Å². The zero-order valence-electron chi connectivity index (χ0n) is 17.8. The maximum absolute atomic E-state index is 4.34. The Morgan fingerprint density at radius 3 is 1.46 bits per heavy atom. The fourth-order valence-corrected chi connectivity index (χ4v) is 8.44. The highest BCUT2D eigenvalue weighted by Crippen LogP contribution is 2.41. The largest absolute Gasteiger partial charge is 0.378 e. The number of rotatable bonds is 4. The van der Waals surface area contributed by atoms with Gasteiger partial charge in [0, 0.05) is 19.8 Å². The molecule has 1 radical (unpaired) electrons. The van der Waals surface area contributed by atoms with E-state index in [1.165, 1.54) is 22.0 Å². The molecule has 0 aliphatic carbocycles. The summed E-state index contributed by atoms with van der Waals surface area (Å²) in [6, 6.07) is 17.8. The lowest BCUT2D eigenvalue weighted by molar-refractivity contribution is 0.653. The smallest absolute Gasteiger partial charge is 0.0969 e. The van der Waals surface area contributed by atoms with Gasteiger partial charge < -0.3 is 4.90 Å². The van der Waals surface area contributed by atoms with Gasteiger partial charge in [0.05, 0.1) is 8.80 Å². The Balaban J connectivity index is 2.29. The third-order valence-electron chi connectivity index (χ3n) is 4.75. The van der Waals surface area contributed by atoms with Crippen LogP contribution in [-0.4, -0.2) is 22.9 Å². The van der Waals surface area contributed by atoms with Crippen molar-refractivity contribution in [3.63, 3.8) is 0 Å². The summed E-state index contributed by atoms with van der Waals surface area (Å²) in [4.78, 5) is 2.11. The van der Waals surface area contributed by atoms with E-state index in [4.69, 9.17) is 0 Å². The Bertz CT molecular complexity index is 727. The maximum atomic E-state index is 4.34. The summed E-state index contributed by atoms with van der Waals surface area (Å²) in [5, 5.41) is 2.15. The lowest BCUT2D eigenvalue weighted by atomic mass is 9.99. The summed E-state index contributed by atoms with van der Waals surface area (Å²) in [5.41, 5.74) is 4.68. The molecule has 26 heavy (non-hydrogen) atoms. The molecule has 0 bridgehead atoms. The van der Waals surface area contributed by atoms with Gasteiger partial charge in [0.2, 0.25) is 0 Å². The zero-order valence-corrected chi connectivity index (χ0v) is 18.8. The summed E-state index contributed by atoms with van der Waals surface area (Å²) in [7, 11) is 3.41. The van der Waals surface area contributed by atoms with Gasteiger partial charge in [-0.15, -0.1) is 0 Å². The lowest BCUT2D eigenvalue weighted by Crippen LogP contribution is -2.45. The van der Waals surface area contributed by atoms with Crippen LogP contribution in [0.5, 0.6) is 0 Å². The average molecular weight is 365 g/mol. The van der Waals surface area contributed by atoms with Gasteiger partial charge in [0.15, 0.2) is 0 Å². The third kappa shape index (κ3) is 4.67. The fourth-order valence-electron chi connectivity index (χ4n) is 3.96. The number of anilines is 1. The highest BCUT2D eigenvalue weighted by Gasteiger charge is 2.38. The monoisotopic (exact) mass is 364 g/mol. The van der Waals surface area contributed by atoms with E-state index < -0.39 is 8.80 Å². The van der Waals surface area contributed by atoms with Crippen LogP contribution in [0.4, 0.5) is 5.69 Å². The van der Waals surface area contributed by atoms with Crippen LogP contribution in [0.3, 0.4) is 0 Å². The van der Waals surface area contributed by atoms with E-state index >= 15 is 0 Å². The second-order valence-electron chi connectivity index (χ2n) is 9.37. The van der Waals surface area contributed by atoms with Gasteiger partial charge in [-0.25, -0.2) is 0 Å². The van der Waals surface area contributed by atoms with Crippen LogP contribution in [0.1, 0.15) is 52.7 Å². The molecule has 0 amide bonds. The van der Waals surface area contributed by atoms with E-state index in [1.54, 1.807) is 0 Å². The van der Waals surface area contributed by atoms with Crippen molar-refractivity contribution in [2.75, 3.05) is 19.0 Å². The first kappa shape index (κ1) is 20.5. The van der Waals surface area contributed by atoms with Gasteiger partial charge in [0.1, 0.15) is 0 Å². The first-order valence-corrected chi connectivity index (χ1v) is 10.9. The van der Waals surface area contributed by atoms with Crippen molar-refractivity contribution < 1.29 is 0 Å². The normalized spacial score (nSPS) is 12.3. The number of nitrogens with zero attached hydrogens (tertiary/aromatic N) is 1. The van der Waals surface area contributed by atoms with Crippen molar-refractivity contribution in [1.29, 1.82) is 0 Å². The molecule has 0 aromatic heterocycles. The van der Waals surface area contributed by atoms with E-state index in [0.29, 0.717) is 10.1 Å². The highest BCUT2D eigenvalue weighted by molar-refractivity contribution is 6.78. The molecular weight excluding hydrogens is 330 g/mol. The predicted octanol–water partition coefficient (Wildman–Crippen LogP) is 6.12. The summed E-state index contributed by atoms with van der Waals surface area (Å²) in [6.07, 6.45) is 0. The van der Waals surface area contributed by atoms with E-state index in [2.05, 4.69) is 116 Å².